The number of non-ortho nitro benzene ring substituents is 1. The summed E-state index contributed by atoms with van der Waals surface area (Å²) in [6, 6.07) is 3.91. The van der Waals surface area contributed by atoms with Crippen LogP contribution in [0.1, 0.15) is 13.8 Å². The number of aliphatic imine (C=N–C) groups is 1. The van der Waals surface area contributed by atoms with Crippen molar-refractivity contribution in [3.05, 3.63) is 82.1 Å². The van der Waals surface area contributed by atoms with E-state index in [1.807, 2.05) is 0 Å². The summed E-state index contributed by atoms with van der Waals surface area (Å²) in [4.78, 5) is 41.4. The lowest BCUT2D eigenvalue weighted by Gasteiger charge is -2.35. The average Bonchev–Trinajstić information content (AvgIpc) is 2.78. The van der Waals surface area contributed by atoms with Gasteiger partial charge in [0, 0.05) is 12.1 Å². The van der Waals surface area contributed by atoms with E-state index in [1.165, 1.54) is 38.5 Å². The van der Waals surface area contributed by atoms with Crippen molar-refractivity contribution in [3.63, 3.8) is 0 Å². The van der Waals surface area contributed by atoms with Crippen LogP contribution in [0.5, 0.6) is 5.75 Å². The lowest BCUT2D eigenvalue weighted by atomic mass is 9.94. The number of amides is 1. The molecule has 0 saturated carbocycles. The summed E-state index contributed by atoms with van der Waals surface area (Å²) >= 11 is 0. The first-order valence-electron chi connectivity index (χ1n) is 9.41. The van der Waals surface area contributed by atoms with E-state index in [2.05, 4.69) is 11.6 Å². The van der Waals surface area contributed by atoms with Crippen LogP contribution in [0, 0.1) is 10.1 Å². The van der Waals surface area contributed by atoms with Gasteiger partial charge in [0.05, 0.1) is 30.4 Å². The van der Waals surface area contributed by atoms with Crippen molar-refractivity contribution in [1.29, 1.82) is 0 Å². The van der Waals surface area contributed by atoms with Gasteiger partial charge in [-0.15, -0.1) is 0 Å². The number of carbonyl (C=O) groups excluding carboxylic acids is 2. The number of hydrogen-bond acceptors (Lipinski definition) is 8. The van der Waals surface area contributed by atoms with Crippen molar-refractivity contribution in [2.24, 2.45) is 4.99 Å². The molecule has 10 heteroatoms. The van der Waals surface area contributed by atoms with Crippen LogP contribution in [-0.2, 0) is 14.3 Å². The number of carbonyl (C=O) groups is 2. The quantitative estimate of drug-likeness (QED) is 0.284. The highest BCUT2D eigenvalue weighted by molar-refractivity contribution is 6.00. The molecule has 0 aliphatic carbocycles. The molecular formula is C22H23N3O7. The molecule has 32 heavy (non-hydrogen) atoms. The van der Waals surface area contributed by atoms with Gasteiger partial charge in [-0.25, -0.2) is 19.5 Å². The van der Waals surface area contributed by atoms with Gasteiger partial charge < -0.3 is 14.2 Å². The second-order valence-corrected chi connectivity index (χ2v) is 6.36. The Balaban J connectivity index is 2.56. The number of nitrogens with zero attached hydrogens (tertiary/aromatic N) is 3. The van der Waals surface area contributed by atoms with Gasteiger partial charge >= 0.3 is 18.1 Å². The van der Waals surface area contributed by atoms with Crippen molar-refractivity contribution in [3.8, 4) is 5.75 Å². The van der Waals surface area contributed by atoms with E-state index in [-0.39, 0.29) is 23.0 Å². The highest BCUT2D eigenvalue weighted by atomic mass is 16.6. The monoisotopic (exact) mass is 441 g/mol. The number of nitro benzene ring substituents is 1. The zero-order valence-corrected chi connectivity index (χ0v) is 18.1. The maximum atomic E-state index is 13.2. The number of hydrogen-bond donors (Lipinski definition) is 0. The van der Waals surface area contributed by atoms with Gasteiger partial charge in [-0.1, -0.05) is 30.9 Å². The molecule has 0 radical (unpaired) electrons. The fourth-order valence-corrected chi connectivity index (χ4v) is 3.02. The average molecular weight is 441 g/mol. The van der Waals surface area contributed by atoms with E-state index in [0.717, 1.165) is 4.90 Å². The van der Waals surface area contributed by atoms with Crippen molar-refractivity contribution >= 4 is 23.8 Å². The van der Waals surface area contributed by atoms with E-state index in [0.29, 0.717) is 11.3 Å². The van der Waals surface area contributed by atoms with Crippen molar-refractivity contribution < 1.29 is 28.7 Å². The van der Waals surface area contributed by atoms with Gasteiger partial charge in [-0.2, -0.15) is 0 Å². The molecule has 1 aliphatic rings. The number of amidine groups is 1. The van der Waals surface area contributed by atoms with Crippen molar-refractivity contribution in [1.82, 2.24) is 4.90 Å². The molecule has 0 aromatic heterocycles. The second kappa shape index (κ2) is 10.7. The zero-order chi connectivity index (χ0) is 23.8. The second-order valence-electron chi connectivity index (χ2n) is 6.36. The third kappa shape index (κ3) is 5.09. The molecule has 168 valence electrons. The number of benzene rings is 1. The van der Waals surface area contributed by atoms with Gasteiger partial charge in [0.15, 0.2) is 0 Å². The van der Waals surface area contributed by atoms with Gasteiger partial charge in [-0.3, -0.25) is 10.1 Å². The Hall–Kier alpha value is -4.21. The minimum atomic E-state index is -0.971. The van der Waals surface area contributed by atoms with E-state index < -0.39 is 23.0 Å². The summed E-state index contributed by atoms with van der Waals surface area (Å²) in [7, 11) is 2.55. The number of rotatable bonds is 6. The van der Waals surface area contributed by atoms with E-state index >= 15 is 0 Å². The standard InChI is InChI=1S/C22H23N3O7/c1-6-8-9-15(7-2)19-18(20(26)30-4)14(3)23-21(31-5)24(19)22(27)32-17-12-10-16(11-13-17)25(28)29/h6-13,19H,1H2,2-5H3/b9-8-,15-7+. The molecule has 1 aromatic rings. The summed E-state index contributed by atoms with van der Waals surface area (Å²) in [5.41, 5.74) is 0.826. The molecule has 0 fully saturated rings. The molecule has 0 saturated heterocycles. The Bertz CT molecular complexity index is 1040. The number of nitro groups is 1. The highest BCUT2D eigenvalue weighted by Gasteiger charge is 2.42. The van der Waals surface area contributed by atoms with Crippen LogP contribution in [0.25, 0.3) is 0 Å². The van der Waals surface area contributed by atoms with Gasteiger partial charge in [-0.05, 0) is 31.6 Å². The molecule has 0 spiro atoms. The maximum Gasteiger partial charge on any atom is 0.424 e. The van der Waals surface area contributed by atoms with Gasteiger partial charge in [0.1, 0.15) is 11.8 Å². The summed E-state index contributed by atoms with van der Waals surface area (Å²) in [5.74, 6) is -0.616. The first kappa shape index (κ1) is 24.1. The summed E-state index contributed by atoms with van der Waals surface area (Å²) < 4.78 is 15.6. The predicted molar refractivity (Wildman–Crippen MR) is 117 cm³/mol. The molecular weight excluding hydrogens is 418 g/mol. The Morgan fingerprint density at radius 1 is 1.25 bits per heavy atom. The first-order chi connectivity index (χ1) is 15.3. The molecule has 1 unspecified atom stereocenters. The van der Waals surface area contributed by atoms with Crippen LogP contribution in [0.2, 0.25) is 0 Å². The van der Waals surface area contributed by atoms with E-state index in [4.69, 9.17) is 14.2 Å². The number of methoxy groups -OCH3 is 2. The fraction of sp³-hybridized carbons (Fsp3) is 0.227. The molecule has 1 atom stereocenters. The van der Waals surface area contributed by atoms with Gasteiger partial charge in [0.25, 0.3) is 5.69 Å². The normalized spacial score (nSPS) is 16.5. The van der Waals surface area contributed by atoms with Crippen molar-refractivity contribution in [2.75, 3.05) is 14.2 Å². The van der Waals surface area contributed by atoms with Crippen LogP contribution in [0.4, 0.5) is 10.5 Å². The minimum absolute atomic E-state index is 0.0596. The van der Waals surface area contributed by atoms with Crippen LogP contribution >= 0.6 is 0 Å². The molecule has 1 aliphatic heterocycles. The van der Waals surface area contributed by atoms with Crippen LogP contribution < -0.4 is 4.74 Å². The molecule has 1 amide bonds. The Morgan fingerprint density at radius 3 is 2.41 bits per heavy atom. The number of allylic oxidation sites excluding steroid dienone is 4. The molecule has 10 nitrogen and oxygen atoms in total. The smallest absolute Gasteiger partial charge is 0.424 e. The summed E-state index contributed by atoms with van der Waals surface area (Å²) in [6.45, 7) is 6.98. The van der Waals surface area contributed by atoms with Crippen LogP contribution in [-0.4, -0.2) is 48.2 Å². The Labute approximate surface area is 184 Å². The topological polar surface area (TPSA) is 121 Å². The van der Waals surface area contributed by atoms with Crippen molar-refractivity contribution in [2.45, 2.75) is 19.9 Å². The SMILES string of the molecule is C=C/C=C\C(=C/C)C1C(C(=O)OC)=C(C)N=C(OC)N1C(=O)Oc1ccc([N+](=O)[O-])cc1. The lowest BCUT2D eigenvalue weighted by molar-refractivity contribution is -0.384. The first-order valence-corrected chi connectivity index (χ1v) is 9.41. The van der Waals surface area contributed by atoms with Gasteiger partial charge in [0.2, 0.25) is 0 Å². The largest absolute Gasteiger partial charge is 0.468 e. The molecule has 0 N–H and O–H groups in total. The molecule has 2 rings (SSSR count). The molecule has 0 bridgehead atoms. The van der Waals surface area contributed by atoms with Crippen LogP contribution in [0.3, 0.4) is 0 Å². The minimum Gasteiger partial charge on any atom is -0.468 e. The predicted octanol–water partition coefficient (Wildman–Crippen LogP) is 3.92. The van der Waals surface area contributed by atoms with E-state index in [9.17, 15) is 19.7 Å². The number of esters is 1. The molecule has 1 aromatic carbocycles. The fourth-order valence-electron chi connectivity index (χ4n) is 3.02. The zero-order valence-electron chi connectivity index (χ0n) is 18.1. The maximum absolute atomic E-state index is 13.2. The Kier molecular flexibility index (Phi) is 8.05. The summed E-state index contributed by atoms with van der Waals surface area (Å²) in [6.07, 6.45) is 5.68. The molecule has 1 heterocycles. The third-order valence-electron chi connectivity index (χ3n) is 4.50. The van der Waals surface area contributed by atoms with E-state index in [1.54, 1.807) is 38.2 Å². The summed E-state index contributed by atoms with van der Waals surface area (Å²) in [5, 5.41) is 10.8. The van der Waals surface area contributed by atoms with Crippen LogP contribution in [0.15, 0.2) is 77.0 Å². The highest BCUT2D eigenvalue weighted by Crippen LogP contribution is 2.31. The Morgan fingerprint density at radius 2 is 1.91 bits per heavy atom. The third-order valence-corrected chi connectivity index (χ3v) is 4.50. The number of ether oxygens (including phenoxy) is 3. The lowest BCUT2D eigenvalue weighted by Crippen LogP contribution is -2.51.